The van der Waals surface area contributed by atoms with Gasteiger partial charge in [0.05, 0.1) is 20.5 Å². The number of nitrogens with zero attached hydrogens (tertiary/aromatic N) is 2. The number of rotatable bonds is 5. The number of hydrogen-bond acceptors (Lipinski definition) is 5. The number of aromatic nitrogens is 2. The van der Waals surface area contributed by atoms with E-state index in [0.717, 1.165) is 0 Å². The Morgan fingerprint density at radius 2 is 1.85 bits per heavy atom. The molecule has 0 atom stereocenters. The first-order chi connectivity index (χ1) is 13.2. The molecule has 136 valence electrons. The van der Waals surface area contributed by atoms with Crippen molar-refractivity contribution in [3.05, 3.63) is 66.6 Å². The second-order valence-electron chi connectivity index (χ2n) is 5.77. The molecule has 1 aromatic carbocycles. The van der Waals surface area contributed by atoms with Gasteiger partial charge in [0, 0.05) is 17.8 Å². The smallest absolute Gasteiger partial charge is 0.257 e. The number of hydrogen-bond donors (Lipinski definition) is 1. The van der Waals surface area contributed by atoms with Crippen molar-refractivity contribution in [3.63, 3.8) is 0 Å². The first-order valence-corrected chi connectivity index (χ1v) is 8.25. The molecule has 0 aliphatic heterocycles. The maximum Gasteiger partial charge on any atom is 0.257 e. The number of furan rings is 1. The van der Waals surface area contributed by atoms with E-state index in [1.807, 2.05) is 24.4 Å². The number of pyridine rings is 1. The van der Waals surface area contributed by atoms with Crippen LogP contribution in [0.1, 0.15) is 10.4 Å². The SMILES string of the molecule is COc1cc(OC)cc(C(=O)Nc2c(-c3ccco3)nc3ccccn23)c1. The maximum absolute atomic E-state index is 12.9. The summed E-state index contributed by atoms with van der Waals surface area (Å²) < 4.78 is 17.8. The molecule has 4 rings (SSSR count). The van der Waals surface area contributed by atoms with Crippen molar-refractivity contribution in [2.75, 3.05) is 19.5 Å². The first kappa shape index (κ1) is 16.7. The molecule has 0 unspecified atom stereocenters. The molecular formula is C20H17N3O4. The van der Waals surface area contributed by atoms with E-state index in [4.69, 9.17) is 13.9 Å². The maximum atomic E-state index is 12.9. The predicted molar refractivity (Wildman–Crippen MR) is 100 cm³/mol. The van der Waals surface area contributed by atoms with Crippen LogP contribution in [0.3, 0.4) is 0 Å². The van der Waals surface area contributed by atoms with Crippen LogP contribution in [0, 0.1) is 0 Å². The zero-order valence-electron chi connectivity index (χ0n) is 14.8. The van der Waals surface area contributed by atoms with Crippen molar-refractivity contribution < 1.29 is 18.7 Å². The number of benzene rings is 1. The topological polar surface area (TPSA) is 78.0 Å². The number of carbonyl (C=O) groups excluding carboxylic acids is 1. The van der Waals surface area contributed by atoms with Crippen molar-refractivity contribution in [1.29, 1.82) is 0 Å². The van der Waals surface area contributed by atoms with Crippen LogP contribution >= 0.6 is 0 Å². The lowest BCUT2D eigenvalue weighted by molar-refractivity contribution is 0.102. The fraction of sp³-hybridized carbons (Fsp3) is 0.100. The fourth-order valence-corrected chi connectivity index (χ4v) is 2.82. The van der Waals surface area contributed by atoms with Gasteiger partial charge in [0.2, 0.25) is 0 Å². The average Bonchev–Trinajstić information content (AvgIpc) is 3.35. The molecule has 7 heteroatoms. The van der Waals surface area contributed by atoms with Gasteiger partial charge in [-0.25, -0.2) is 4.98 Å². The molecule has 1 amide bonds. The van der Waals surface area contributed by atoms with Gasteiger partial charge in [-0.1, -0.05) is 6.07 Å². The molecule has 0 spiro atoms. The van der Waals surface area contributed by atoms with E-state index in [2.05, 4.69) is 10.3 Å². The summed E-state index contributed by atoms with van der Waals surface area (Å²) in [7, 11) is 3.08. The molecule has 3 heterocycles. The molecule has 0 saturated heterocycles. The standard InChI is InChI=1S/C20H17N3O4/c1-25-14-10-13(11-15(12-14)26-2)20(24)22-19-18(16-6-5-9-27-16)21-17-7-3-4-8-23(17)19/h3-12H,1-2H3,(H,22,24). The number of nitrogens with one attached hydrogen (secondary N) is 1. The van der Waals surface area contributed by atoms with Crippen LogP contribution in [0.15, 0.2) is 65.4 Å². The number of methoxy groups -OCH3 is 2. The monoisotopic (exact) mass is 363 g/mol. The highest BCUT2D eigenvalue weighted by atomic mass is 16.5. The Hall–Kier alpha value is -3.74. The summed E-state index contributed by atoms with van der Waals surface area (Å²) in [5.74, 6) is 1.84. The molecule has 4 aromatic rings. The zero-order chi connectivity index (χ0) is 18.8. The Morgan fingerprint density at radius 1 is 1.07 bits per heavy atom. The molecule has 7 nitrogen and oxygen atoms in total. The molecule has 0 aliphatic rings. The third kappa shape index (κ3) is 3.10. The van der Waals surface area contributed by atoms with Crippen molar-refractivity contribution in [3.8, 4) is 23.0 Å². The average molecular weight is 363 g/mol. The van der Waals surface area contributed by atoms with Gasteiger partial charge in [0.25, 0.3) is 5.91 Å². The lowest BCUT2D eigenvalue weighted by Gasteiger charge is -2.10. The lowest BCUT2D eigenvalue weighted by atomic mass is 10.2. The summed E-state index contributed by atoms with van der Waals surface area (Å²) in [6.07, 6.45) is 3.40. The number of imidazole rings is 1. The number of anilines is 1. The second kappa shape index (κ2) is 6.87. The van der Waals surface area contributed by atoms with Gasteiger partial charge in [-0.2, -0.15) is 0 Å². The molecule has 0 saturated carbocycles. The van der Waals surface area contributed by atoms with Gasteiger partial charge in [-0.15, -0.1) is 0 Å². The van der Waals surface area contributed by atoms with Crippen LogP contribution in [0.25, 0.3) is 17.1 Å². The summed E-state index contributed by atoms with van der Waals surface area (Å²) in [6, 6.07) is 14.2. The quantitative estimate of drug-likeness (QED) is 0.582. The fourth-order valence-electron chi connectivity index (χ4n) is 2.82. The molecule has 0 fully saturated rings. The molecule has 27 heavy (non-hydrogen) atoms. The van der Waals surface area contributed by atoms with Gasteiger partial charge in [0.1, 0.15) is 28.7 Å². The number of carbonyl (C=O) groups is 1. The highest BCUT2D eigenvalue weighted by Gasteiger charge is 2.19. The lowest BCUT2D eigenvalue weighted by Crippen LogP contribution is -2.14. The van der Waals surface area contributed by atoms with Crippen LogP contribution < -0.4 is 14.8 Å². The van der Waals surface area contributed by atoms with Gasteiger partial charge in [0.15, 0.2) is 5.76 Å². The van der Waals surface area contributed by atoms with Crippen molar-refractivity contribution in [2.24, 2.45) is 0 Å². The van der Waals surface area contributed by atoms with Crippen molar-refractivity contribution in [1.82, 2.24) is 9.38 Å². The van der Waals surface area contributed by atoms with E-state index in [9.17, 15) is 4.79 Å². The molecule has 0 radical (unpaired) electrons. The van der Waals surface area contributed by atoms with E-state index in [1.54, 1.807) is 41.0 Å². The van der Waals surface area contributed by atoms with E-state index in [1.165, 1.54) is 14.2 Å². The Balaban J connectivity index is 1.77. The van der Waals surface area contributed by atoms with Crippen LogP contribution in [-0.2, 0) is 0 Å². The highest BCUT2D eigenvalue weighted by molar-refractivity contribution is 6.06. The molecule has 0 aliphatic carbocycles. The molecule has 1 N–H and O–H groups in total. The van der Waals surface area contributed by atoms with Crippen molar-refractivity contribution >= 4 is 17.4 Å². The van der Waals surface area contributed by atoms with E-state index in [-0.39, 0.29) is 5.91 Å². The zero-order valence-corrected chi connectivity index (χ0v) is 14.8. The van der Waals surface area contributed by atoms with E-state index in [0.29, 0.717) is 40.0 Å². The van der Waals surface area contributed by atoms with Crippen molar-refractivity contribution in [2.45, 2.75) is 0 Å². The van der Waals surface area contributed by atoms with E-state index >= 15 is 0 Å². The Kier molecular flexibility index (Phi) is 4.25. The third-order valence-corrected chi connectivity index (χ3v) is 4.13. The largest absolute Gasteiger partial charge is 0.497 e. The van der Waals surface area contributed by atoms with Crippen LogP contribution in [-0.4, -0.2) is 29.5 Å². The number of amides is 1. The summed E-state index contributed by atoms with van der Waals surface area (Å²) in [5, 5.41) is 2.93. The second-order valence-corrected chi connectivity index (χ2v) is 5.77. The summed E-state index contributed by atoms with van der Waals surface area (Å²) >= 11 is 0. The van der Waals surface area contributed by atoms with Crippen LogP contribution in [0.4, 0.5) is 5.82 Å². The Bertz CT molecular complexity index is 1080. The normalized spacial score (nSPS) is 10.7. The number of fused-ring (bicyclic) bond motifs is 1. The predicted octanol–water partition coefficient (Wildman–Crippen LogP) is 3.86. The minimum atomic E-state index is -0.314. The third-order valence-electron chi connectivity index (χ3n) is 4.13. The van der Waals surface area contributed by atoms with Gasteiger partial charge in [-0.3, -0.25) is 9.20 Å². The summed E-state index contributed by atoms with van der Waals surface area (Å²) in [4.78, 5) is 17.5. The molecular weight excluding hydrogens is 346 g/mol. The number of ether oxygens (including phenoxy) is 2. The minimum absolute atomic E-state index is 0.314. The minimum Gasteiger partial charge on any atom is -0.497 e. The Labute approximate surface area is 155 Å². The van der Waals surface area contributed by atoms with Gasteiger partial charge < -0.3 is 19.2 Å². The Morgan fingerprint density at radius 3 is 2.52 bits per heavy atom. The summed E-state index contributed by atoms with van der Waals surface area (Å²) in [6.45, 7) is 0. The molecule has 3 aromatic heterocycles. The van der Waals surface area contributed by atoms with Gasteiger partial charge >= 0.3 is 0 Å². The van der Waals surface area contributed by atoms with Gasteiger partial charge in [-0.05, 0) is 36.4 Å². The van der Waals surface area contributed by atoms with E-state index < -0.39 is 0 Å². The molecule has 0 bridgehead atoms. The van der Waals surface area contributed by atoms with Crippen LogP contribution in [0.5, 0.6) is 11.5 Å². The summed E-state index contributed by atoms with van der Waals surface area (Å²) in [5.41, 5.74) is 1.65. The highest BCUT2D eigenvalue weighted by Crippen LogP contribution is 2.30. The van der Waals surface area contributed by atoms with Crippen LogP contribution in [0.2, 0.25) is 0 Å². The first-order valence-electron chi connectivity index (χ1n) is 8.25.